The van der Waals surface area contributed by atoms with Gasteiger partial charge in [-0.1, -0.05) is 6.07 Å². The maximum Gasteiger partial charge on any atom is 0.124 e. The van der Waals surface area contributed by atoms with Gasteiger partial charge in [-0.25, -0.2) is 0 Å². The highest BCUT2D eigenvalue weighted by Crippen LogP contribution is 2.28. The summed E-state index contributed by atoms with van der Waals surface area (Å²) in [5.74, 6) is 0.0930. The molecule has 5 heteroatoms. The fourth-order valence-corrected chi connectivity index (χ4v) is 2.28. The summed E-state index contributed by atoms with van der Waals surface area (Å²) in [6.07, 6.45) is 1.24. The molecule has 0 aliphatic carbocycles. The van der Waals surface area contributed by atoms with Crippen molar-refractivity contribution in [3.63, 3.8) is 0 Å². The molecule has 1 atom stereocenters. The zero-order valence-electron chi connectivity index (χ0n) is 11.1. The Kier molecular flexibility index (Phi) is 4.29. The monoisotopic (exact) mass is 267 g/mol. The van der Waals surface area contributed by atoms with E-state index in [4.69, 9.17) is 4.74 Å². The van der Waals surface area contributed by atoms with Crippen molar-refractivity contribution in [3.8, 4) is 11.5 Å². The second-order valence-corrected chi connectivity index (χ2v) is 5.18. The molecule has 1 aliphatic rings. The molecule has 1 fully saturated rings. The number of aromatic hydroxyl groups is 2. The topological polar surface area (TPSA) is 82.0 Å². The lowest BCUT2D eigenvalue weighted by Crippen LogP contribution is -2.45. The summed E-state index contributed by atoms with van der Waals surface area (Å²) < 4.78 is 5.23. The van der Waals surface area contributed by atoms with Crippen molar-refractivity contribution in [2.24, 2.45) is 0 Å². The van der Waals surface area contributed by atoms with Gasteiger partial charge in [0.05, 0.1) is 5.60 Å². The summed E-state index contributed by atoms with van der Waals surface area (Å²) in [5, 5.41) is 32.6. The number of phenolic OH excluding ortho intramolecular Hbond substituents is 2. The number of aliphatic hydroxyl groups is 1. The predicted octanol–water partition coefficient (Wildman–Crippen LogP) is 1.29. The highest BCUT2D eigenvalue weighted by atomic mass is 16.5. The van der Waals surface area contributed by atoms with Gasteiger partial charge in [-0.2, -0.15) is 0 Å². The Balaban J connectivity index is 1.95. The van der Waals surface area contributed by atoms with Crippen LogP contribution in [0.3, 0.4) is 0 Å². The third-order valence-corrected chi connectivity index (χ3v) is 3.64. The highest BCUT2D eigenvalue weighted by molar-refractivity contribution is 5.40. The van der Waals surface area contributed by atoms with Crippen LogP contribution in [0, 0.1) is 0 Å². The normalized spacial score (nSPS) is 20.1. The first-order chi connectivity index (χ1) is 9.00. The van der Waals surface area contributed by atoms with Crippen LogP contribution in [-0.4, -0.2) is 40.7 Å². The molecule has 4 N–H and O–H groups in total. The van der Waals surface area contributed by atoms with E-state index >= 15 is 0 Å². The Morgan fingerprint density at radius 2 is 2.00 bits per heavy atom. The number of phenols is 2. The van der Waals surface area contributed by atoms with Crippen molar-refractivity contribution >= 4 is 0 Å². The number of ether oxygens (including phenoxy) is 1. The molecular weight excluding hydrogens is 246 g/mol. The average molecular weight is 267 g/mol. The third kappa shape index (κ3) is 3.59. The van der Waals surface area contributed by atoms with Crippen molar-refractivity contribution in [2.75, 3.05) is 19.8 Å². The molecule has 0 aromatic heterocycles. The Bertz CT molecular complexity index is 429. The Labute approximate surface area is 112 Å². The molecule has 0 amide bonds. The maximum atomic E-state index is 10.3. The van der Waals surface area contributed by atoms with Gasteiger partial charge in [0.15, 0.2) is 0 Å². The first-order valence-corrected chi connectivity index (χ1v) is 6.56. The van der Waals surface area contributed by atoms with Crippen molar-refractivity contribution in [3.05, 3.63) is 23.8 Å². The number of hydrogen-bond acceptors (Lipinski definition) is 5. The highest BCUT2D eigenvalue weighted by Gasteiger charge is 2.30. The van der Waals surface area contributed by atoms with E-state index in [1.54, 1.807) is 6.07 Å². The fourth-order valence-electron chi connectivity index (χ4n) is 2.28. The van der Waals surface area contributed by atoms with Crippen LogP contribution in [0.5, 0.6) is 11.5 Å². The Morgan fingerprint density at radius 3 is 2.63 bits per heavy atom. The minimum Gasteiger partial charge on any atom is -0.508 e. The van der Waals surface area contributed by atoms with Crippen LogP contribution in [0.25, 0.3) is 0 Å². The first-order valence-electron chi connectivity index (χ1n) is 6.56. The van der Waals surface area contributed by atoms with Crippen molar-refractivity contribution in [2.45, 2.75) is 31.4 Å². The van der Waals surface area contributed by atoms with Crippen molar-refractivity contribution < 1.29 is 20.1 Å². The summed E-state index contributed by atoms with van der Waals surface area (Å²) in [4.78, 5) is 0. The van der Waals surface area contributed by atoms with E-state index < -0.39 is 5.60 Å². The lowest BCUT2D eigenvalue weighted by molar-refractivity contribution is -0.0626. The van der Waals surface area contributed by atoms with E-state index in [1.807, 2.05) is 6.92 Å². The number of benzene rings is 1. The molecule has 2 rings (SSSR count). The molecule has 1 aliphatic heterocycles. The molecule has 106 valence electrons. The Morgan fingerprint density at radius 1 is 1.32 bits per heavy atom. The summed E-state index contributed by atoms with van der Waals surface area (Å²) in [7, 11) is 0. The maximum absolute atomic E-state index is 10.3. The largest absolute Gasteiger partial charge is 0.508 e. The van der Waals surface area contributed by atoms with Gasteiger partial charge >= 0.3 is 0 Å². The van der Waals surface area contributed by atoms with E-state index in [0.29, 0.717) is 38.2 Å². The lowest BCUT2D eigenvalue weighted by Gasteiger charge is -2.33. The van der Waals surface area contributed by atoms with Crippen LogP contribution in [0.2, 0.25) is 0 Å². The van der Waals surface area contributed by atoms with Gasteiger partial charge < -0.3 is 25.4 Å². The zero-order chi connectivity index (χ0) is 13.9. The van der Waals surface area contributed by atoms with E-state index in [1.165, 1.54) is 12.1 Å². The Hall–Kier alpha value is -1.30. The van der Waals surface area contributed by atoms with E-state index in [0.717, 1.165) is 0 Å². The summed E-state index contributed by atoms with van der Waals surface area (Å²) in [6, 6.07) is 4.43. The summed E-state index contributed by atoms with van der Waals surface area (Å²) in [6.45, 7) is 3.53. The second kappa shape index (κ2) is 5.77. The van der Waals surface area contributed by atoms with Gasteiger partial charge in [0.1, 0.15) is 11.5 Å². The van der Waals surface area contributed by atoms with E-state index in [-0.39, 0.29) is 17.5 Å². The molecular formula is C14H21NO4. The molecule has 0 spiro atoms. The van der Waals surface area contributed by atoms with Gasteiger partial charge in [0, 0.05) is 50.3 Å². The second-order valence-electron chi connectivity index (χ2n) is 5.18. The molecule has 19 heavy (non-hydrogen) atoms. The molecule has 0 radical (unpaired) electrons. The SMILES string of the molecule is CC(NCC1(O)CCOCC1)c1ccc(O)cc1O. The fraction of sp³-hybridized carbons (Fsp3) is 0.571. The van der Waals surface area contributed by atoms with Crippen LogP contribution in [0.15, 0.2) is 18.2 Å². The molecule has 1 heterocycles. The molecule has 0 saturated carbocycles. The van der Waals surface area contributed by atoms with E-state index in [2.05, 4.69) is 5.32 Å². The van der Waals surface area contributed by atoms with Gasteiger partial charge in [0.25, 0.3) is 0 Å². The number of hydrogen-bond donors (Lipinski definition) is 4. The molecule has 0 bridgehead atoms. The molecule has 1 saturated heterocycles. The minimum atomic E-state index is -0.737. The van der Waals surface area contributed by atoms with Crippen LogP contribution in [-0.2, 0) is 4.74 Å². The molecule has 1 aromatic carbocycles. The van der Waals surface area contributed by atoms with Gasteiger partial charge in [-0.05, 0) is 13.0 Å². The molecule has 1 aromatic rings. The third-order valence-electron chi connectivity index (χ3n) is 3.64. The van der Waals surface area contributed by atoms with Crippen molar-refractivity contribution in [1.29, 1.82) is 0 Å². The van der Waals surface area contributed by atoms with Crippen LogP contribution >= 0.6 is 0 Å². The summed E-state index contributed by atoms with van der Waals surface area (Å²) in [5.41, 5.74) is -0.0348. The number of nitrogens with one attached hydrogen (secondary N) is 1. The smallest absolute Gasteiger partial charge is 0.124 e. The van der Waals surface area contributed by atoms with Gasteiger partial charge in [-0.15, -0.1) is 0 Å². The first kappa shape index (κ1) is 14.1. The van der Waals surface area contributed by atoms with E-state index in [9.17, 15) is 15.3 Å². The van der Waals surface area contributed by atoms with Crippen LogP contribution in [0.1, 0.15) is 31.4 Å². The summed E-state index contributed by atoms with van der Waals surface area (Å²) >= 11 is 0. The van der Waals surface area contributed by atoms with Gasteiger partial charge in [-0.3, -0.25) is 0 Å². The van der Waals surface area contributed by atoms with Crippen LogP contribution in [0.4, 0.5) is 0 Å². The minimum absolute atomic E-state index is 0.0384. The quantitative estimate of drug-likeness (QED) is 0.661. The van der Waals surface area contributed by atoms with Crippen molar-refractivity contribution in [1.82, 2.24) is 5.32 Å². The predicted molar refractivity (Wildman–Crippen MR) is 71.2 cm³/mol. The number of rotatable bonds is 4. The lowest BCUT2D eigenvalue weighted by atomic mass is 9.93. The zero-order valence-corrected chi connectivity index (χ0v) is 11.1. The van der Waals surface area contributed by atoms with Crippen LogP contribution < -0.4 is 5.32 Å². The average Bonchev–Trinajstić information content (AvgIpc) is 2.37. The van der Waals surface area contributed by atoms with Gasteiger partial charge in [0.2, 0.25) is 0 Å². The molecule has 1 unspecified atom stereocenters. The standard InChI is InChI=1S/C14H21NO4/c1-10(12-3-2-11(16)8-13(12)17)15-9-14(18)4-6-19-7-5-14/h2-3,8,10,15-18H,4-7,9H2,1H3. The molecule has 5 nitrogen and oxygen atoms in total.